The molecule has 1 N–H and O–H groups in total. The number of ether oxygens (including phenoxy) is 1. The monoisotopic (exact) mass is 538 g/mol. The van der Waals surface area contributed by atoms with Crippen molar-refractivity contribution < 1.29 is 23.4 Å². The lowest BCUT2D eigenvalue weighted by Crippen LogP contribution is -2.66. The molecule has 0 aliphatic carbocycles. The van der Waals surface area contributed by atoms with Gasteiger partial charge in [-0.2, -0.15) is 11.8 Å². The molecule has 196 valence electrons. The average molecular weight is 539 g/mol. The fourth-order valence-electron chi connectivity index (χ4n) is 6.25. The largest absolute Gasteiger partial charge is 0.502 e. The van der Waals surface area contributed by atoms with Crippen molar-refractivity contribution in [3.05, 3.63) is 92.9 Å². The maximum Gasteiger partial charge on any atom is 0.278 e. The smallest absolute Gasteiger partial charge is 0.278 e. The number of pyridine rings is 1. The van der Waals surface area contributed by atoms with Crippen molar-refractivity contribution in [2.24, 2.45) is 0 Å². The summed E-state index contributed by atoms with van der Waals surface area (Å²) >= 11 is 1.70. The Balaban J connectivity index is 1.56. The Morgan fingerprint density at radius 2 is 1.84 bits per heavy atom. The predicted octanol–water partition coefficient (Wildman–Crippen LogP) is 2.98. The molecule has 1 unspecified atom stereocenters. The van der Waals surface area contributed by atoms with Crippen molar-refractivity contribution in [3.63, 3.8) is 0 Å². The molecule has 1 aromatic heterocycles. The maximum atomic E-state index is 15.8. The average Bonchev–Trinajstić information content (AvgIpc) is 3.06. The normalized spacial score (nSPS) is 24.1. The zero-order chi connectivity index (χ0) is 26.1. The van der Waals surface area contributed by atoms with Gasteiger partial charge in [-0.1, -0.05) is 24.3 Å². The van der Waals surface area contributed by atoms with Crippen LogP contribution in [0.25, 0.3) is 0 Å². The van der Waals surface area contributed by atoms with E-state index in [1.165, 1.54) is 16.9 Å². The first-order valence-corrected chi connectivity index (χ1v) is 13.7. The van der Waals surface area contributed by atoms with Gasteiger partial charge in [0, 0.05) is 53.7 Å². The quantitative estimate of drug-likeness (QED) is 0.511. The van der Waals surface area contributed by atoms with E-state index in [9.17, 15) is 19.1 Å². The van der Waals surface area contributed by atoms with E-state index in [0.29, 0.717) is 24.5 Å². The van der Waals surface area contributed by atoms with E-state index in [2.05, 4.69) is 4.90 Å². The number of morpholine rings is 1. The number of carbonyl (C=O) groups is 1. The van der Waals surface area contributed by atoms with Crippen LogP contribution in [-0.2, 0) is 4.74 Å². The predicted molar refractivity (Wildman–Crippen MR) is 138 cm³/mol. The molecule has 38 heavy (non-hydrogen) atoms. The van der Waals surface area contributed by atoms with E-state index in [0.717, 1.165) is 23.1 Å². The van der Waals surface area contributed by atoms with E-state index in [-0.39, 0.29) is 24.4 Å². The first-order chi connectivity index (χ1) is 18.5. The van der Waals surface area contributed by atoms with Gasteiger partial charge in [0.1, 0.15) is 12.2 Å². The minimum absolute atomic E-state index is 0.158. The lowest BCUT2D eigenvalue weighted by atomic mass is 9.91. The number of aromatic hydroxyl groups is 1. The van der Waals surface area contributed by atoms with Crippen molar-refractivity contribution in [1.82, 2.24) is 9.58 Å². The summed E-state index contributed by atoms with van der Waals surface area (Å²) in [6.45, 7) is 1.39. The molecule has 8 nitrogen and oxygen atoms in total. The summed E-state index contributed by atoms with van der Waals surface area (Å²) in [5.41, 5.74) is 1.76. The topological polar surface area (TPSA) is 78.2 Å². The molecule has 4 aliphatic rings. The van der Waals surface area contributed by atoms with Crippen LogP contribution in [0.4, 0.5) is 14.5 Å². The molecule has 7 rings (SSSR count). The number of fused-ring (bicyclic) bond motifs is 7. The minimum Gasteiger partial charge on any atom is -0.502 e. The van der Waals surface area contributed by atoms with Crippen LogP contribution in [0.2, 0.25) is 0 Å². The highest BCUT2D eigenvalue weighted by atomic mass is 32.2. The second-order valence-electron chi connectivity index (χ2n) is 9.77. The number of para-hydroxylation sites is 1. The van der Waals surface area contributed by atoms with Crippen LogP contribution in [0.1, 0.15) is 39.3 Å². The number of hydrogen-bond donors (Lipinski definition) is 1. The lowest BCUT2D eigenvalue weighted by molar-refractivity contribution is -0.0196. The summed E-state index contributed by atoms with van der Waals surface area (Å²) in [7, 11) is 0. The Morgan fingerprint density at radius 3 is 2.71 bits per heavy atom. The fraction of sp³-hybridized carbons (Fsp3) is 0.333. The Morgan fingerprint density at radius 1 is 1.00 bits per heavy atom. The second kappa shape index (κ2) is 8.74. The molecule has 5 heterocycles. The first-order valence-electron chi connectivity index (χ1n) is 12.5. The highest BCUT2D eigenvalue weighted by molar-refractivity contribution is 7.99. The lowest BCUT2D eigenvalue weighted by Gasteiger charge is -2.51. The number of halogens is 2. The van der Waals surface area contributed by atoms with E-state index < -0.39 is 47.0 Å². The van der Waals surface area contributed by atoms with Crippen molar-refractivity contribution in [3.8, 4) is 5.75 Å². The summed E-state index contributed by atoms with van der Waals surface area (Å²) in [6, 6.07) is 10.7. The molecule has 3 aromatic rings. The molecule has 1 amide bonds. The van der Waals surface area contributed by atoms with Gasteiger partial charge < -0.3 is 19.6 Å². The third-order valence-corrected chi connectivity index (χ3v) is 8.93. The molecule has 0 spiro atoms. The molecular formula is C27H24F2N4O4S. The number of aromatic nitrogens is 1. The molecule has 4 aliphatic heterocycles. The number of amides is 1. The van der Waals surface area contributed by atoms with Crippen molar-refractivity contribution in [2.45, 2.75) is 18.2 Å². The van der Waals surface area contributed by atoms with Crippen molar-refractivity contribution in [2.75, 3.05) is 47.7 Å². The van der Waals surface area contributed by atoms with Gasteiger partial charge in [-0.25, -0.2) is 8.78 Å². The third-order valence-electron chi connectivity index (χ3n) is 7.90. The Labute approximate surface area is 221 Å². The van der Waals surface area contributed by atoms with Gasteiger partial charge in [-0.15, -0.1) is 0 Å². The third kappa shape index (κ3) is 3.24. The number of carbonyl (C=O) groups excluding carboxylic acids is 1. The molecule has 2 saturated heterocycles. The number of benzene rings is 2. The molecule has 0 bridgehead atoms. The number of rotatable bonds is 1. The highest BCUT2D eigenvalue weighted by Gasteiger charge is 2.48. The van der Waals surface area contributed by atoms with E-state index in [1.54, 1.807) is 22.7 Å². The Kier molecular flexibility index (Phi) is 5.41. The van der Waals surface area contributed by atoms with Crippen LogP contribution in [0, 0.1) is 11.6 Å². The summed E-state index contributed by atoms with van der Waals surface area (Å²) in [5.74, 6) is -1.48. The van der Waals surface area contributed by atoms with Gasteiger partial charge in [0.2, 0.25) is 5.43 Å². The van der Waals surface area contributed by atoms with Gasteiger partial charge in [0.05, 0.1) is 19.3 Å². The van der Waals surface area contributed by atoms with Gasteiger partial charge >= 0.3 is 0 Å². The van der Waals surface area contributed by atoms with Gasteiger partial charge in [0.25, 0.3) is 5.91 Å². The van der Waals surface area contributed by atoms with E-state index >= 15 is 4.39 Å². The molecule has 3 atom stereocenters. The standard InChI is InChI=1S/C27H24F2N4O4S/c28-17-6-5-16-22(23(17)29)19-14-38-12-10-30(19)18-4-2-1-3-15(18)24(16)33-21-13-37-11-9-31(21)27(36)25-26(35)20(34)7-8-32(25)33/h1-8,19,21,24,35H,9-14H2/t19?,21-,24-/m1/s1. The zero-order valence-electron chi connectivity index (χ0n) is 20.2. The van der Waals surface area contributed by atoms with Crippen molar-refractivity contribution >= 4 is 23.4 Å². The van der Waals surface area contributed by atoms with Crippen molar-refractivity contribution in [1.29, 1.82) is 0 Å². The molecule has 2 aromatic carbocycles. The number of thioether (sulfide) groups is 1. The molecule has 0 radical (unpaired) electrons. The van der Waals surface area contributed by atoms with E-state index in [4.69, 9.17) is 4.74 Å². The summed E-state index contributed by atoms with van der Waals surface area (Å²) in [4.78, 5) is 29.6. The molecule has 11 heteroatoms. The van der Waals surface area contributed by atoms with Crippen LogP contribution < -0.4 is 15.3 Å². The van der Waals surface area contributed by atoms with Crippen LogP contribution in [-0.4, -0.2) is 64.6 Å². The van der Waals surface area contributed by atoms with Gasteiger partial charge in [-0.3, -0.25) is 19.3 Å². The minimum atomic E-state index is -0.915. The Hall–Kier alpha value is -3.57. The number of hydrogen-bond acceptors (Lipinski definition) is 7. The SMILES string of the molecule is O=C1c2c(O)c(=O)ccn2N([C@@H]2c3ccccc3N3CCSCC3c3c2ccc(F)c3F)[C@@H]2COCCN12. The molecule has 2 fully saturated rings. The number of anilines is 1. The van der Waals surface area contributed by atoms with Crippen LogP contribution in [0.15, 0.2) is 53.5 Å². The summed E-state index contributed by atoms with van der Waals surface area (Å²) < 4.78 is 37.9. The van der Waals surface area contributed by atoms with E-state index in [1.807, 2.05) is 29.3 Å². The van der Waals surface area contributed by atoms with Crippen LogP contribution in [0.5, 0.6) is 5.75 Å². The van der Waals surface area contributed by atoms with Gasteiger partial charge in [-0.05, 0) is 17.7 Å². The number of nitrogens with zero attached hydrogens (tertiary/aromatic N) is 4. The molecular weight excluding hydrogens is 514 g/mol. The maximum absolute atomic E-state index is 15.8. The van der Waals surface area contributed by atoms with Crippen LogP contribution >= 0.6 is 11.8 Å². The zero-order valence-corrected chi connectivity index (χ0v) is 21.0. The summed E-state index contributed by atoms with van der Waals surface area (Å²) in [5, 5.41) is 12.6. The molecule has 0 saturated carbocycles. The second-order valence-corrected chi connectivity index (χ2v) is 10.9. The highest BCUT2D eigenvalue weighted by Crippen LogP contribution is 2.49. The summed E-state index contributed by atoms with van der Waals surface area (Å²) in [6.07, 6.45) is 0.839. The fourth-order valence-corrected chi connectivity index (χ4v) is 7.32. The first kappa shape index (κ1) is 23.5. The Bertz CT molecular complexity index is 1530. The van der Waals surface area contributed by atoms with Crippen LogP contribution in [0.3, 0.4) is 0 Å². The van der Waals surface area contributed by atoms with Gasteiger partial charge in [0.15, 0.2) is 23.1 Å².